The van der Waals surface area contributed by atoms with E-state index in [1.54, 1.807) is 0 Å². The van der Waals surface area contributed by atoms with Crippen molar-refractivity contribution in [3.8, 4) is 0 Å². The lowest BCUT2D eigenvalue weighted by atomic mass is 10.2. The summed E-state index contributed by atoms with van der Waals surface area (Å²) in [7, 11) is 0. The third-order valence-corrected chi connectivity index (χ3v) is 4.29. The zero-order valence-electron chi connectivity index (χ0n) is 11.2. The van der Waals surface area contributed by atoms with Gasteiger partial charge in [0.15, 0.2) is 0 Å². The molecule has 0 aromatic carbocycles. The highest BCUT2D eigenvalue weighted by Gasteiger charge is 2.11. The maximum Gasteiger partial charge on any atom is 0.136 e. The lowest BCUT2D eigenvalue weighted by molar-refractivity contribution is 0.314. The highest BCUT2D eigenvalue weighted by Crippen LogP contribution is 2.13. The fourth-order valence-corrected chi connectivity index (χ4v) is 3.19. The molecule has 1 aliphatic heterocycles. The molecule has 0 unspecified atom stereocenters. The predicted octanol–water partition coefficient (Wildman–Crippen LogP) is 1.48. The largest absolute Gasteiger partial charge is 0.389 e. The van der Waals surface area contributed by atoms with Crippen LogP contribution in [-0.2, 0) is 0 Å². The third kappa shape index (κ3) is 4.33. The summed E-state index contributed by atoms with van der Waals surface area (Å²) >= 11 is 7.08. The smallest absolute Gasteiger partial charge is 0.136 e. The predicted molar refractivity (Wildman–Crippen MR) is 87.1 cm³/mol. The molecule has 1 fully saturated rings. The molecule has 0 bridgehead atoms. The van der Waals surface area contributed by atoms with Gasteiger partial charge in [0.2, 0.25) is 0 Å². The molecule has 6 heteroatoms. The SMILES string of the molecule is Cc1ccc(C(N)=S)c(NCCN2CCSCC2)n1. The Hall–Kier alpha value is -0.850. The van der Waals surface area contributed by atoms with E-state index in [0.717, 1.165) is 30.2 Å². The van der Waals surface area contributed by atoms with Crippen molar-refractivity contribution in [2.45, 2.75) is 6.92 Å². The molecule has 1 aliphatic rings. The van der Waals surface area contributed by atoms with Crippen molar-refractivity contribution < 1.29 is 0 Å². The second-order valence-corrected chi connectivity index (χ2v) is 6.26. The number of pyridine rings is 1. The average molecular weight is 296 g/mol. The summed E-state index contributed by atoms with van der Waals surface area (Å²) in [5.74, 6) is 3.28. The van der Waals surface area contributed by atoms with Gasteiger partial charge in [0.25, 0.3) is 0 Å². The minimum absolute atomic E-state index is 0.393. The van der Waals surface area contributed by atoms with Gasteiger partial charge in [-0.05, 0) is 19.1 Å². The van der Waals surface area contributed by atoms with Gasteiger partial charge in [0.1, 0.15) is 10.8 Å². The minimum Gasteiger partial charge on any atom is -0.389 e. The quantitative estimate of drug-likeness (QED) is 0.803. The van der Waals surface area contributed by atoms with E-state index >= 15 is 0 Å². The number of nitrogens with one attached hydrogen (secondary N) is 1. The maximum atomic E-state index is 5.72. The first-order valence-electron chi connectivity index (χ1n) is 6.48. The van der Waals surface area contributed by atoms with Crippen LogP contribution in [0.15, 0.2) is 12.1 Å². The van der Waals surface area contributed by atoms with Crippen molar-refractivity contribution in [2.24, 2.45) is 5.73 Å². The van der Waals surface area contributed by atoms with E-state index in [9.17, 15) is 0 Å². The van der Waals surface area contributed by atoms with Gasteiger partial charge in [0.05, 0.1) is 5.56 Å². The van der Waals surface area contributed by atoms with Crippen LogP contribution in [0.1, 0.15) is 11.3 Å². The zero-order valence-corrected chi connectivity index (χ0v) is 12.8. The lowest BCUT2D eigenvalue weighted by Gasteiger charge is -2.26. The van der Waals surface area contributed by atoms with E-state index in [2.05, 4.69) is 15.2 Å². The van der Waals surface area contributed by atoms with Gasteiger partial charge < -0.3 is 11.1 Å². The van der Waals surface area contributed by atoms with Gasteiger partial charge in [-0.3, -0.25) is 4.90 Å². The molecule has 1 saturated heterocycles. The number of hydrogen-bond acceptors (Lipinski definition) is 5. The maximum absolute atomic E-state index is 5.72. The number of rotatable bonds is 5. The number of anilines is 1. The minimum atomic E-state index is 0.393. The van der Waals surface area contributed by atoms with Crippen LogP contribution in [0.25, 0.3) is 0 Å². The number of aryl methyl sites for hydroxylation is 1. The van der Waals surface area contributed by atoms with Gasteiger partial charge in [-0.25, -0.2) is 4.98 Å². The molecule has 0 amide bonds. The van der Waals surface area contributed by atoms with E-state index in [1.165, 1.54) is 24.6 Å². The Labute approximate surface area is 124 Å². The number of aromatic nitrogens is 1. The molecule has 0 saturated carbocycles. The molecule has 0 atom stereocenters. The Morgan fingerprint density at radius 1 is 1.47 bits per heavy atom. The Morgan fingerprint density at radius 3 is 2.89 bits per heavy atom. The highest BCUT2D eigenvalue weighted by atomic mass is 32.2. The van der Waals surface area contributed by atoms with Crippen LogP contribution >= 0.6 is 24.0 Å². The Kier molecular flexibility index (Phi) is 5.42. The van der Waals surface area contributed by atoms with Crippen LogP contribution in [0.5, 0.6) is 0 Å². The molecule has 3 N–H and O–H groups in total. The molecule has 1 aromatic heterocycles. The molecule has 1 aromatic rings. The Bertz CT molecular complexity index is 444. The number of hydrogen-bond donors (Lipinski definition) is 2. The standard InChI is InChI=1S/C13H20N4S2/c1-10-2-3-11(12(14)18)13(16-10)15-4-5-17-6-8-19-9-7-17/h2-3H,4-9H2,1H3,(H2,14,18)(H,15,16). The summed E-state index contributed by atoms with van der Waals surface area (Å²) in [6.07, 6.45) is 0. The summed E-state index contributed by atoms with van der Waals surface area (Å²) in [5.41, 5.74) is 7.52. The monoisotopic (exact) mass is 296 g/mol. The molecule has 104 valence electrons. The third-order valence-electron chi connectivity index (χ3n) is 3.12. The Morgan fingerprint density at radius 2 is 2.21 bits per heavy atom. The fraction of sp³-hybridized carbons (Fsp3) is 0.538. The molecule has 4 nitrogen and oxygen atoms in total. The van der Waals surface area contributed by atoms with E-state index in [-0.39, 0.29) is 0 Å². The van der Waals surface area contributed by atoms with Crippen molar-refractivity contribution >= 4 is 34.8 Å². The van der Waals surface area contributed by atoms with Crippen LogP contribution in [0.4, 0.5) is 5.82 Å². The first kappa shape index (κ1) is 14.6. The van der Waals surface area contributed by atoms with Crippen LogP contribution in [0, 0.1) is 6.92 Å². The van der Waals surface area contributed by atoms with Crippen molar-refractivity contribution in [3.05, 3.63) is 23.4 Å². The summed E-state index contributed by atoms with van der Waals surface area (Å²) < 4.78 is 0. The normalized spacial score (nSPS) is 16.3. The van der Waals surface area contributed by atoms with Crippen molar-refractivity contribution in [1.82, 2.24) is 9.88 Å². The van der Waals surface area contributed by atoms with Gasteiger partial charge >= 0.3 is 0 Å². The average Bonchev–Trinajstić information content (AvgIpc) is 2.39. The van der Waals surface area contributed by atoms with Crippen molar-refractivity contribution in [2.75, 3.05) is 43.0 Å². The number of nitrogens with two attached hydrogens (primary N) is 1. The number of thioether (sulfide) groups is 1. The summed E-state index contributed by atoms with van der Waals surface area (Å²) in [5, 5.41) is 3.36. The van der Waals surface area contributed by atoms with Gasteiger partial charge in [0, 0.05) is 43.4 Å². The first-order chi connectivity index (χ1) is 9.16. The van der Waals surface area contributed by atoms with Crippen LogP contribution in [0.2, 0.25) is 0 Å². The van der Waals surface area contributed by atoms with E-state index < -0.39 is 0 Å². The molecule has 19 heavy (non-hydrogen) atoms. The molecule has 2 rings (SSSR count). The second kappa shape index (κ2) is 7.07. The molecule has 0 aliphatic carbocycles. The number of thiocarbonyl (C=S) groups is 1. The summed E-state index contributed by atoms with van der Waals surface area (Å²) in [6, 6.07) is 3.87. The van der Waals surface area contributed by atoms with Gasteiger partial charge in [-0.15, -0.1) is 0 Å². The van der Waals surface area contributed by atoms with Crippen LogP contribution in [-0.4, -0.2) is 52.6 Å². The molecule has 0 radical (unpaired) electrons. The topological polar surface area (TPSA) is 54.2 Å². The lowest BCUT2D eigenvalue weighted by Crippen LogP contribution is -2.36. The summed E-state index contributed by atoms with van der Waals surface area (Å²) in [6.45, 7) is 6.23. The van der Waals surface area contributed by atoms with Gasteiger partial charge in [-0.2, -0.15) is 11.8 Å². The van der Waals surface area contributed by atoms with Crippen molar-refractivity contribution in [3.63, 3.8) is 0 Å². The fourth-order valence-electron chi connectivity index (χ4n) is 2.05. The van der Waals surface area contributed by atoms with E-state index in [4.69, 9.17) is 18.0 Å². The van der Waals surface area contributed by atoms with Crippen LogP contribution in [0.3, 0.4) is 0 Å². The number of nitrogens with zero attached hydrogens (tertiary/aromatic N) is 2. The second-order valence-electron chi connectivity index (χ2n) is 4.59. The van der Waals surface area contributed by atoms with E-state index in [0.29, 0.717) is 4.99 Å². The molecule has 0 spiro atoms. The van der Waals surface area contributed by atoms with E-state index in [1.807, 2.05) is 30.8 Å². The van der Waals surface area contributed by atoms with Gasteiger partial charge in [-0.1, -0.05) is 12.2 Å². The summed E-state index contributed by atoms with van der Waals surface area (Å²) in [4.78, 5) is 7.34. The highest BCUT2D eigenvalue weighted by molar-refractivity contribution is 7.99. The zero-order chi connectivity index (χ0) is 13.7. The molecular weight excluding hydrogens is 276 g/mol. The first-order valence-corrected chi connectivity index (χ1v) is 8.04. The molecular formula is C13H20N4S2. The van der Waals surface area contributed by atoms with Crippen LogP contribution < -0.4 is 11.1 Å². The van der Waals surface area contributed by atoms with Crippen molar-refractivity contribution in [1.29, 1.82) is 0 Å². The molecule has 2 heterocycles. The Balaban J connectivity index is 1.91.